The minimum Gasteiger partial charge on any atom is -0.494 e. The van der Waals surface area contributed by atoms with E-state index in [4.69, 9.17) is 4.74 Å². The van der Waals surface area contributed by atoms with Gasteiger partial charge in [0.15, 0.2) is 11.6 Å². The molecule has 5 heteroatoms. The van der Waals surface area contributed by atoms with Crippen LogP contribution in [0.25, 0.3) is 0 Å². The van der Waals surface area contributed by atoms with Crippen molar-refractivity contribution in [2.75, 3.05) is 7.11 Å². The second-order valence-electron chi connectivity index (χ2n) is 3.50. The van der Waals surface area contributed by atoms with Crippen LogP contribution in [0.4, 0.5) is 4.39 Å². The van der Waals surface area contributed by atoms with E-state index in [2.05, 4.69) is 10.3 Å². The number of aromatic nitrogens is 1. The lowest BCUT2D eigenvalue weighted by Crippen LogP contribution is -2.12. The van der Waals surface area contributed by atoms with Gasteiger partial charge in [-0.3, -0.25) is 0 Å². The van der Waals surface area contributed by atoms with Gasteiger partial charge in [-0.1, -0.05) is 6.07 Å². The summed E-state index contributed by atoms with van der Waals surface area (Å²) in [4.78, 5) is 4.15. The van der Waals surface area contributed by atoms with Crippen molar-refractivity contribution in [3.63, 3.8) is 0 Å². The molecule has 1 heterocycles. The maximum Gasteiger partial charge on any atom is 0.165 e. The summed E-state index contributed by atoms with van der Waals surface area (Å²) in [5.74, 6) is -0.0604. The fourth-order valence-electron chi connectivity index (χ4n) is 1.47. The van der Waals surface area contributed by atoms with Gasteiger partial charge < -0.3 is 10.1 Å². The molecule has 1 aromatic heterocycles. The molecule has 0 atom stereocenters. The van der Waals surface area contributed by atoms with Crippen molar-refractivity contribution >= 4 is 11.3 Å². The van der Waals surface area contributed by atoms with Gasteiger partial charge in [0, 0.05) is 24.7 Å². The molecule has 0 aliphatic carbocycles. The molecule has 0 aliphatic rings. The van der Waals surface area contributed by atoms with E-state index in [1.807, 2.05) is 11.4 Å². The lowest BCUT2D eigenvalue weighted by molar-refractivity contribution is 0.386. The molecule has 17 heavy (non-hydrogen) atoms. The minimum absolute atomic E-state index is 0.272. The predicted molar refractivity (Wildman–Crippen MR) is 65.6 cm³/mol. The molecule has 3 nitrogen and oxygen atoms in total. The Kier molecular flexibility index (Phi) is 4.06. The summed E-state index contributed by atoms with van der Waals surface area (Å²) < 4.78 is 18.2. The van der Waals surface area contributed by atoms with Crippen LogP contribution in [-0.2, 0) is 13.1 Å². The number of ether oxygens (including phenoxy) is 1. The number of nitrogens with one attached hydrogen (secondary N) is 1. The van der Waals surface area contributed by atoms with Crippen molar-refractivity contribution in [2.45, 2.75) is 13.1 Å². The summed E-state index contributed by atoms with van der Waals surface area (Å²) in [6.45, 7) is 1.31. The lowest BCUT2D eigenvalue weighted by Gasteiger charge is -2.06. The lowest BCUT2D eigenvalue weighted by atomic mass is 10.2. The summed E-state index contributed by atoms with van der Waals surface area (Å²) in [7, 11) is 1.46. The molecule has 0 saturated carbocycles. The average molecular weight is 252 g/mol. The van der Waals surface area contributed by atoms with E-state index >= 15 is 0 Å². The Balaban J connectivity index is 1.89. The third kappa shape index (κ3) is 3.25. The zero-order chi connectivity index (χ0) is 12.1. The van der Waals surface area contributed by atoms with Gasteiger partial charge in [0.1, 0.15) is 5.01 Å². The number of halogens is 1. The Labute approximate surface area is 103 Å². The van der Waals surface area contributed by atoms with Crippen LogP contribution in [0.1, 0.15) is 10.6 Å². The number of nitrogens with zero attached hydrogens (tertiary/aromatic N) is 1. The van der Waals surface area contributed by atoms with Crippen LogP contribution in [0.15, 0.2) is 29.8 Å². The van der Waals surface area contributed by atoms with Gasteiger partial charge in [-0.15, -0.1) is 11.3 Å². The molecule has 0 amide bonds. The Hall–Kier alpha value is -1.46. The fourth-order valence-corrected chi connectivity index (χ4v) is 2.06. The van der Waals surface area contributed by atoms with Crippen LogP contribution < -0.4 is 10.1 Å². The van der Waals surface area contributed by atoms with Crippen molar-refractivity contribution < 1.29 is 9.13 Å². The molecule has 0 fully saturated rings. The molecule has 0 unspecified atom stereocenters. The second-order valence-corrected chi connectivity index (χ2v) is 4.48. The van der Waals surface area contributed by atoms with Crippen molar-refractivity contribution in [2.24, 2.45) is 0 Å². The molecule has 1 aromatic carbocycles. The van der Waals surface area contributed by atoms with Gasteiger partial charge >= 0.3 is 0 Å². The molecular formula is C12H13FN2OS. The summed E-state index contributed by atoms with van der Waals surface area (Å²) >= 11 is 1.60. The van der Waals surface area contributed by atoms with E-state index in [1.54, 1.807) is 23.6 Å². The second kappa shape index (κ2) is 5.75. The Morgan fingerprint density at radius 2 is 2.29 bits per heavy atom. The largest absolute Gasteiger partial charge is 0.494 e. The third-order valence-electron chi connectivity index (χ3n) is 2.31. The highest BCUT2D eigenvalue weighted by atomic mass is 32.1. The monoisotopic (exact) mass is 252 g/mol. The van der Waals surface area contributed by atoms with Crippen molar-refractivity contribution in [3.05, 3.63) is 46.2 Å². The molecule has 0 spiro atoms. The highest BCUT2D eigenvalue weighted by molar-refractivity contribution is 7.09. The van der Waals surface area contributed by atoms with Gasteiger partial charge in [0.05, 0.1) is 7.11 Å². The molecule has 0 aliphatic heterocycles. The van der Waals surface area contributed by atoms with Crippen molar-refractivity contribution in [1.82, 2.24) is 10.3 Å². The number of rotatable bonds is 5. The molecule has 2 rings (SSSR count). The SMILES string of the molecule is COc1ccc(CNCc2nccs2)cc1F. The first-order valence-electron chi connectivity index (χ1n) is 5.21. The highest BCUT2D eigenvalue weighted by Gasteiger charge is 2.03. The maximum absolute atomic E-state index is 13.4. The van der Waals surface area contributed by atoms with Crippen molar-refractivity contribution in [3.8, 4) is 5.75 Å². The first-order chi connectivity index (χ1) is 8.29. The fraction of sp³-hybridized carbons (Fsp3) is 0.250. The zero-order valence-corrected chi connectivity index (χ0v) is 10.3. The molecule has 0 saturated heterocycles. The summed E-state index contributed by atoms with van der Waals surface area (Å²) in [6.07, 6.45) is 1.77. The first kappa shape index (κ1) is 12.0. The van der Waals surface area contributed by atoms with Gasteiger partial charge in [-0.2, -0.15) is 0 Å². The van der Waals surface area contributed by atoms with E-state index in [0.717, 1.165) is 10.6 Å². The maximum atomic E-state index is 13.4. The molecule has 0 bridgehead atoms. The summed E-state index contributed by atoms with van der Waals surface area (Å²) in [5, 5.41) is 6.17. The summed E-state index contributed by atoms with van der Waals surface area (Å²) in [6, 6.07) is 4.96. The Bertz CT molecular complexity index is 473. The molecule has 1 N–H and O–H groups in total. The molecule has 0 radical (unpaired) electrons. The van der Waals surface area contributed by atoms with Gasteiger partial charge in [-0.05, 0) is 17.7 Å². The topological polar surface area (TPSA) is 34.1 Å². The van der Waals surface area contributed by atoms with Gasteiger partial charge in [0.2, 0.25) is 0 Å². The smallest absolute Gasteiger partial charge is 0.165 e. The Morgan fingerprint density at radius 1 is 1.41 bits per heavy atom. The average Bonchev–Trinajstić information content (AvgIpc) is 2.82. The van der Waals surface area contributed by atoms with Crippen LogP contribution in [0.5, 0.6) is 5.75 Å². The number of methoxy groups -OCH3 is 1. The van der Waals surface area contributed by atoms with Crippen LogP contribution in [-0.4, -0.2) is 12.1 Å². The van der Waals surface area contributed by atoms with Gasteiger partial charge in [-0.25, -0.2) is 9.37 Å². The van der Waals surface area contributed by atoms with Crippen LogP contribution in [0, 0.1) is 5.82 Å². The van der Waals surface area contributed by atoms with Gasteiger partial charge in [0.25, 0.3) is 0 Å². The minimum atomic E-state index is -0.332. The number of benzene rings is 1. The van der Waals surface area contributed by atoms with E-state index in [-0.39, 0.29) is 11.6 Å². The first-order valence-corrected chi connectivity index (χ1v) is 6.09. The number of hydrogen-bond donors (Lipinski definition) is 1. The van der Waals surface area contributed by atoms with E-state index in [0.29, 0.717) is 13.1 Å². The highest BCUT2D eigenvalue weighted by Crippen LogP contribution is 2.17. The molecular weight excluding hydrogens is 239 g/mol. The number of thiazole rings is 1. The molecule has 90 valence electrons. The zero-order valence-electron chi connectivity index (χ0n) is 9.44. The third-order valence-corrected chi connectivity index (χ3v) is 3.08. The number of hydrogen-bond acceptors (Lipinski definition) is 4. The van der Waals surface area contributed by atoms with Crippen molar-refractivity contribution in [1.29, 1.82) is 0 Å². The summed E-state index contributed by atoms with van der Waals surface area (Å²) in [5.41, 5.74) is 0.889. The van der Waals surface area contributed by atoms with Crippen LogP contribution in [0.2, 0.25) is 0 Å². The standard InChI is InChI=1S/C12H13FN2OS/c1-16-11-3-2-9(6-10(11)13)7-14-8-12-15-4-5-17-12/h2-6,14H,7-8H2,1H3. The predicted octanol–water partition coefficient (Wildman–Crippen LogP) is 2.58. The van der Waals surface area contributed by atoms with E-state index in [1.165, 1.54) is 13.2 Å². The van der Waals surface area contributed by atoms with E-state index in [9.17, 15) is 4.39 Å². The van der Waals surface area contributed by atoms with E-state index < -0.39 is 0 Å². The normalized spacial score (nSPS) is 10.5. The van der Waals surface area contributed by atoms with Crippen LogP contribution in [0.3, 0.4) is 0 Å². The quantitative estimate of drug-likeness (QED) is 0.888. The molecule has 2 aromatic rings. The van der Waals surface area contributed by atoms with Crippen LogP contribution >= 0.6 is 11.3 Å². The Morgan fingerprint density at radius 3 is 2.94 bits per heavy atom.